The van der Waals surface area contributed by atoms with Crippen LogP contribution in [0.15, 0.2) is 53.6 Å². The molecule has 1 heterocycles. The number of benzene rings is 2. The van der Waals surface area contributed by atoms with E-state index in [0.717, 1.165) is 16.8 Å². The number of aliphatic carboxylic acids is 1. The van der Waals surface area contributed by atoms with Crippen molar-refractivity contribution < 1.29 is 24.2 Å². The molecule has 1 aliphatic rings. The number of nitrogens with zero attached hydrogens (tertiary/aromatic N) is 2. The van der Waals surface area contributed by atoms with Crippen LogP contribution in [0.2, 0.25) is 0 Å². The molecule has 0 unspecified atom stereocenters. The third-order valence-electron chi connectivity index (χ3n) is 4.84. The van der Waals surface area contributed by atoms with Crippen molar-refractivity contribution in [3.05, 3.63) is 59.7 Å². The number of rotatable bonds is 8. The molecule has 0 spiro atoms. The summed E-state index contributed by atoms with van der Waals surface area (Å²) in [5.41, 5.74) is 2.55. The van der Waals surface area contributed by atoms with Gasteiger partial charge < -0.3 is 19.4 Å². The molecule has 0 saturated heterocycles. The largest absolute Gasteiger partial charge is 0.550 e. The van der Waals surface area contributed by atoms with Gasteiger partial charge in [-0.25, -0.2) is 5.01 Å². The smallest absolute Gasteiger partial charge is 0.243 e. The Balaban J connectivity index is 1.92. The van der Waals surface area contributed by atoms with Crippen LogP contribution in [-0.2, 0) is 9.59 Å². The first-order valence-corrected chi connectivity index (χ1v) is 9.40. The maximum absolute atomic E-state index is 12.9. The van der Waals surface area contributed by atoms with E-state index in [-0.39, 0.29) is 31.2 Å². The highest BCUT2D eigenvalue weighted by molar-refractivity contribution is 6.03. The van der Waals surface area contributed by atoms with Gasteiger partial charge in [0, 0.05) is 30.4 Å². The van der Waals surface area contributed by atoms with E-state index in [2.05, 4.69) is 5.10 Å². The zero-order valence-corrected chi connectivity index (χ0v) is 16.5. The van der Waals surface area contributed by atoms with Gasteiger partial charge in [-0.1, -0.05) is 30.3 Å². The van der Waals surface area contributed by atoms with E-state index in [9.17, 15) is 14.7 Å². The highest BCUT2D eigenvalue weighted by Gasteiger charge is 2.34. The minimum atomic E-state index is -1.17. The van der Waals surface area contributed by atoms with Crippen LogP contribution >= 0.6 is 0 Å². The summed E-state index contributed by atoms with van der Waals surface area (Å²) in [6.45, 7) is 0. The Morgan fingerprint density at radius 2 is 1.86 bits per heavy atom. The first-order valence-electron chi connectivity index (χ1n) is 9.40. The zero-order chi connectivity index (χ0) is 20.8. The molecule has 1 atom stereocenters. The van der Waals surface area contributed by atoms with E-state index in [1.165, 1.54) is 5.01 Å². The van der Waals surface area contributed by atoms with Crippen LogP contribution < -0.4 is 14.6 Å². The van der Waals surface area contributed by atoms with E-state index >= 15 is 0 Å². The fourth-order valence-corrected chi connectivity index (χ4v) is 3.38. The van der Waals surface area contributed by atoms with Crippen LogP contribution in [0, 0.1) is 0 Å². The van der Waals surface area contributed by atoms with Crippen molar-refractivity contribution in [2.24, 2.45) is 5.10 Å². The third kappa shape index (κ3) is 4.74. The molecule has 0 aliphatic carbocycles. The Morgan fingerprint density at radius 3 is 2.52 bits per heavy atom. The summed E-state index contributed by atoms with van der Waals surface area (Å²) in [4.78, 5) is 23.5. The van der Waals surface area contributed by atoms with Gasteiger partial charge in [0.05, 0.1) is 26.0 Å². The molecule has 3 rings (SSSR count). The Labute approximate surface area is 169 Å². The van der Waals surface area contributed by atoms with Crippen molar-refractivity contribution in [2.45, 2.75) is 31.7 Å². The third-order valence-corrected chi connectivity index (χ3v) is 4.84. The van der Waals surface area contributed by atoms with Crippen molar-refractivity contribution >= 4 is 17.6 Å². The first-order chi connectivity index (χ1) is 14.0. The number of carboxylic acids is 1. The van der Waals surface area contributed by atoms with E-state index in [1.54, 1.807) is 20.3 Å². The minimum absolute atomic E-state index is 0.0779. The summed E-state index contributed by atoms with van der Waals surface area (Å²) in [5, 5.41) is 16.7. The molecule has 0 fully saturated rings. The summed E-state index contributed by atoms with van der Waals surface area (Å²) in [6, 6.07) is 14.8. The fourth-order valence-electron chi connectivity index (χ4n) is 3.38. The van der Waals surface area contributed by atoms with Gasteiger partial charge in [-0.3, -0.25) is 4.79 Å². The van der Waals surface area contributed by atoms with Crippen molar-refractivity contribution in [1.82, 2.24) is 5.01 Å². The van der Waals surface area contributed by atoms with Crippen molar-refractivity contribution in [1.29, 1.82) is 0 Å². The number of hydrogen-bond acceptors (Lipinski definition) is 6. The van der Waals surface area contributed by atoms with Crippen LogP contribution in [0.25, 0.3) is 0 Å². The van der Waals surface area contributed by atoms with Gasteiger partial charge >= 0.3 is 0 Å². The molecule has 0 aromatic heterocycles. The van der Waals surface area contributed by atoms with Crippen LogP contribution in [0.4, 0.5) is 0 Å². The number of amides is 1. The van der Waals surface area contributed by atoms with Gasteiger partial charge in [0.15, 0.2) is 0 Å². The topological polar surface area (TPSA) is 91.3 Å². The minimum Gasteiger partial charge on any atom is -0.550 e. The predicted molar refractivity (Wildman–Crippen MR) is 106 cm³/mol. The number of carbonyl (C=O) groups excluding carboxylic acids is 2. The second-order valence-electron chi connectivity index (χ2n) is 6.70. The maximum atomic E-state index is 12.9. The van der Waals surface area contributed by atoms with Crippen molar-refractivity contribution in [2.75, 3.05) is 14.2 Å². The summed E-state index contributed by atoms with van der Waals surface area (Å²) < 4.78 is 10.8. The Bertz CT molecular complexity index is 911. The Morgan fingerprint density at radius 1 is 1.10 bits per heavy atom. The lowest BCUT2D eigenvalue weighted by Crippen LogP contribution is -2.28. The zero-order valence-electron chi connectivity index (χ0n) is 16.5. The number of carbonyl (C=O) groups is 2. The van der Waals surface area contributed by atoms with Gasteiger partial charge in [0.2, 0.25) is 5.91 Å². The standard InChI is InChI=1S/C22H24N2O5/c1-28-16-11-12-17(20(13-16)29-2)19-14-18(15-7-4-3-5-8-15)23-24(19)21(25)9-6-10-22(26)27/h3-5,7-8,11-13,19H,6,9-10,14H2,1-2H3,(H,26,27)/p-1/t19-/m1/s1. The average Bonchev–Trinajstić information content (AvgIpc) is 3.19. The normalized spacial score (nSPS) is 15.7. The van der Waals surface area contributed by atoms with Crippen LogP contribution in [0.1, 0.15) is 42.9 Å². The molecule has 0 N–H and O–H groups in total. The summed E-state index contributed by atoms with van der Waals surface area (Å²) in [6.07, 6.45) is 0.652. The molecular formula is C22H23N2O5-. The van der Waals surface area contributed by atoms with Crippen LogP contribution in [0.5, 0.6) is 11.5 Å². The van der Waals surface area contributed by atoms with Gasteiger partial charge in [-0.15, -0.1) is 0 Å². The van der Waals surface area contributed by atoms with Gasteiger partial charge in [0.25, 0.3) is 0 Å². The van der Waals surface area contributed by atoms with Crippen LogP contribution in [-0.4, -0.2) is 36.8 Å². The van der Waals surface area contributed by atoms with Crippen molar-refractivity contribution in [3.63, 3.8) is 0 Å². The molecule has 1 amide bonds. The lowest BCUT2D eigenvalue weighted by Gasteiger charge is -2.24. The molecule has 0 radical (unpaired) electrons. The highest BCUT2D eigenvalue weighted by Crippen LogP contribution is 2.39. The molecule has 152 valence electrons. The summed E-state index contributed by atoms with van der Waals surface area (Å²) in [5.74, 6) is -0.146. The second-order valence-corrected chi connectivity index (χ2v) is 6.70. The Kier molecular flexibility index (Phi) is 6.49. The first kappa shape index (κ1) is 20.4. The van der Waals surface area contributed by atoms with Gasteiger partial charge in [-0.2, -0.15) is 5.10 Å². The summed E-state index contributed by atoms with van der Waals surface area (Å²) in [7, 11) is 3.14. The number of carboxylic acid groups (broad SMARTS) is 1. The molecular weight excluding hydrogens is 372 g/mol. The molecule has 2 aromatic rings. The molecule has 0 saturated carbocycles. The molecule has 7 heteroatoms. The lowest BCUT2D eigenvalue weighted by molar-refractivity contribution is -0.305. The van der Waals surface area contributed by atoms with Crippen molar-refractivity contribution in [3.8, 4) is 11.5 Å². The SMILES string of the molecule is COc1ccc([C@H]2CC(c3ccccc3)=NN2C(=O)CCCC(=O)[O-])c(OC)c1. The monoisotopic (exact) mass is 395 g/mol. The number of ether oxygens (including phenoxy) is 2. The average molecular weight is 395 g/mol. The second kappa shape index (κ2) is 9.23. The fraction of sp³-hybridized carbons (Fsp3) is 0.318. The van der Waals surface area contributed by atoms with E-state index in [0.29, 0.717) is 17.9 Å². The Hall–Kier alpha value is -3.35. The molecule has 7 nitrogen and oxygen atoms in total. The van der Waals surface area contributed by atoms with Gasteiger partial charge in [0.1, 0.15) is 11.5 Å². The molecule has 1 aliphatic heterocycles. The molecule has 0 bridgehead atoms. The van der Waals surface area contributed by atoms with Crippen LogP contribution in [0.3, 0.4) is 0 Å². The molecule has 2 aromatic carbocycles. The molecule has 29 heavy (non-hydrogen) atoms. The number of hydrazone groups is 1. The van der Waals surface area contributed by atoms with E-state index in [1.807, 2.05) is 42.5 Å². The number of hydrogen-bond donors (Lipinski definition) is 0. The van der Waals surface area contributed by atoms with Gasteiger partial charge in [-0.05, 0) is 30.5 Å². The number of methoxy groups -OCH3 is 2. The quantitative estimate of drug-likeness (QED) is 0.684. The van der Waals surface area contributed by atoms with E-state index < -0.39 is 5.97 Å². The van der Waals surface area contributed by atoms with E-state index in [4.69, 9.17) is 9.47 Å². The predicted octanol–water partition coefficient (Wildman–Crippen LogP) is 2.30. The lowest BCUT2D eigenvalue weighted by atomic mass is 9.97. The maximum Gasteiger partial charge on any atom is 0.243 e. The highest BCUT2D eigenvalue weighted by atomic mass is 16.5. The summed E-state index contributed by atoms with van der Waals surface area (Å²) >= 11 is 0.